The average molecular weight is 281 g/mol. The van der Waals surface area contributed by atoms with E-state index in [4.69, 9.17) is 0 Å². The molecule has 19 heavy (non-hydrogen) atoms. The maximum absolute atomic E-state index is 11.3. The van der Waals surface area contributed by atoms with Gasteiger partial charge in [0, 0.05) is 34.9 Å². The molecule has 0 aliphatic heterocycles. The second kappa shape index (κ2) is 7.20. The first-order chi connectivity index (χ1) is 8.78. The van der Waals surface area contributed by atoms with Crippen molar-refractivity contribution >= 4 is 10.8 Å². The molecule has 0 saturated heterocycles. The van der Waals surface area contributed by atoms with Gasteiger partial charge in [0.1, 0.15) is 0 Å². The molecule has 0 aromatic heterocycles. The normalized spacial score (nSPS) is 16.9. The molecule has 108 valence electrons. The van der Waals surface area contributed by atoms with Crippen LogP contribution in [-0.4, -0.2) is 22.3 Å². The molecule has 0 heterocycles. The first-order valence-electron chi connectivity index (χ1n) is 6.89. The molecule has 0 amide bonds. The predicted molar refractivity (Wildman–Crippen MR) is 84.8 cm³/mol. The van der Waals surface area contributed by atoms with Crippen LogP contribution < -0.4 is 5.32 Å². The highest BCUT2D eigenvalue weighted by Crippen LogP contribution is 2.29. The van der Waals surface area contributed by atoms with E-state index in [0.29, 0.717) is 11.8 Å². The van der Waals surface area contributed by atoms with Crippen molar-refractivity contribution in [3.05, 3.63) is 35.9 Å². The third kappa shape index (κ3) is 6.88. The summed E-state index contributed by atoms with van der Waals surface area (Å²) in [6, 6.07) is 11.1. The summed E-state index contributed by atoms with van der Waals surface area (Å²) in [7, 11) is -0.754. The Morgan fingerprint density at radius 2 is 1.79 bits per heavy atom. The molecule has 1 rings (SSSR count). The first kappa shape index (κ1) is 16.4. The van der Waals surface area contributed by atoms with Gasteiger partial charge in [-0.1, -0.05) is 51.1 Å². The Bertz CT molecular complexity index is 397. The second-order valence-electron chi connectivity index (χ2n) is 6.54. The molecule has 1 aromatic rings. The zero-order valence-corrected chi connectivity index (χ0v) is 13.6. The molecule has 3 heteroatoms. The quantitative estimate of drug-likeness (QED) is 0.864. The van der Waals surface area contributed by atoms with Crippen molar-refractivity contribution in [2.45, 2.75) is 46.2 Å². The summed E-state index contributed by atoms with van der Waals surface area (Å²) in [5, 5.41) is 3.63. The van der Waals surface area contributed by atoms with Crippen molar-refractivity contribution in [1.82, 2.24) is 5.32 Å². The van der Waals surface area contributed by atoms with Gasteiger partial charge in [-0.2, -0.15) is 0 Å². The molecular formula is C16H27NOS. The van der Waals surface area contributed by atoms with E-state index in [-0.39, 0.29) is 11.5 Å². The fraction of sp³-hybridized carbons (Fsp3) is 0.625. The molecule has 1 aromatic carbocycles. The van der Waals surface area contributed by atoms with E-state index in [2.05, 4.69) is 57.3 Å². The predicted octanol–water partition coefficient (Wildman–Crippen LogP) is 3.52. The molecule has 0 fully saturated rings. The van der Waals surface area contributed by atoms with Crippen LogP contribution in [0.3, 0.4) is 0 Å². The maximum atomic E-state index is 11.3. The van der Waals surface area contributed by atoms with E-state index in [1.807, 2.05) is 6.07 Å². The largest absolute Gasteiger partial charge is 0.307 e. The van der Waals surface area contributed by atoms with Crippen LogP contribution in [-0.2, 0) is 10.8 Å². The Morgan fingerprint density at radius 1 is 1.21 bits per heavy atom. The molecule has 0 bridgehead atoms. The van der Waals surface area contributed by atoms with E-state index in [1.165, 1.54) is 5.56 Å². The zero-order valence-electron chi connectivity index (χ0n) is 12.8. The highest BCUT2D eigenvalue weighted by Gasteiger charge is 2.21. The van der Waals surface area contributed by atoms with Crippen molar-refractivity contribution in [3.8, 4) is 0 Å². The average Bonchev–Trinajstić information content (AvgIpc) is 2.26. The summed E-state index contributed by atoms with van der Waals surface area (Å²) in [6.07, 6.45) is 2.83. The van der Waals surface area contributed by atoms with Gasteiger partial charge in [-0.05, 0) is 24.3 Å². The van der Waals surface area contributed by atoms with Crippen LogP contribution in [0.1, 0.15) is 45.7 Å². The van der Waals surface area contributed by atoms with Gasteiger partial charge in [0.2, 0.25) is 0 Å². The minimum atomic E-state index is -0.754. The fourth-order valence-corrected chi connectivity index (χ4v) is 3.11. The topological polar surface area (TPSA) is 29.1 Å². The van der Waals surface area contributed by atoms with Crippen LogP contribution in [0.25, 0.3) is 0 Å². The smallest absolute Gasteiger partial charge is 0.0383 e. The molecular weight excluding hydrogens is 254 g/mol. The summed E-state index contributed by atoms with van der Waals surface area (Å²) in [6.45, 7) is 8.88. The molecule has 0 aliphatic rings. The molecule has 1 N–H and O–H groups in total. The minimum absolute atomic E-state index is 0.262. The summed E-state index contributed by atoms with van der Waals surface area (Å²) in [5.41, 5.74) is 1.57. The van der Waals surface area contributed by atoms with Gasteiger partial charge in [0.15, 0.2) is 0 Å². The lowest BCUT2D eigenvalue weighted by Gasteiger charge is -2.29. The molecule has 2 nitrogen and oxygen atoms in total. The van der Waals surface area contributed by atoms with Crippen LogP contribution in [0.2, 0.25) is 0 Å². The van der Waals surface area contributed by atoms with E-state index >= 15 is 0 Å². The Balaban J connectivity index is 2.78. The summed E-state index contributed by atoms with van der Waals surface area (Å²) in [4.78, 5) is 0. The van der Waals surface area contributed by atoms with Crippen molar-refractivity contribution in [1.29, 1.82) is 0 Å². The van der Waals surface area contributed by atoms with Crippen LogP contribution >= 0.6 is 0 Å². The van der Waals surface area contributed by atoms with Gasteiger partial charge in [0.25, 0.3) is 0 Å². The summed E-state index contributed by atoms with van der Waals surface area (Å²) in [5.74, 6) is 0.702. The SMILES string of the molecule is CC(CS(C)=O)NC(CC(C)(C)C)c1ccccc1. The van der Waals surface area contributed by atoms with Gasteiger partial charge < -0.3 is 5.32 Å². The molecule has 3 unspecified atom stereocenters. The minimum Gasteiger partial charge on any atom is -0.307 e. The van der Waals surface area contributed by atoms with Crippen molar-refractivity contribution in [2.75, 3.05) is 12.0 Å². The Morgan fingerprint density at radius 3 is 2.26 bits per heavy atom. The van der Waals surface area contributed by atoms with E-state index in [1.54, 1.807) is 6.26 Å². The molecule has 3 atom stereocenters. The highest BCUT2D eigenvalue weighted by atomic mass is 32.2. The molecule has 0 spiro atoms. The molecule has 0 aliphatic carbocycles. The van der Waals surface area contributed by atoms with Crippen molar-refractivity contribution in [3.63, 3.8) is 0 Å². The third-order valence-electron chi connectivity index (χ3n) is 2.99. The fourth-order valence-electron chi connectivity index (χ4n) is 2.31. The summed E-state index contributed by atoms with van der Waals surface area (Å²) < 4.78 is 11.3. The van der Waals surface area contributed by atoms with Crippen LogP contribution in [0.5, 0.6) is 0 Å². The Hall–Kier alpha value is -0.670. The Kier molecular flexibility index (Phi) is 6.21. The standard InChI is InChI=1S/C16H27NOS/c1-13(12-19(5)18)17-15(11-16(2,3)4)14-9-7-6-8-10-14/h6-10,13,15,17H,11-12H2,1-5H3. The molecule has 0 radical (unpaired) electrons. The Labute approximate surface area is 120 Å². The van der Waals surface area contributed by atoms with E-state index < -0.39 is 10.8 Å². The van der Waals surface area contributed by atoms with Crippen LogP contribution in [0.4, 0.5) is 0 Å². The molecule has 0 saturated carbocycles. The van der Waals surface area contributed by atoms with Gasteiger partial charge in [0.05, 0.1) is 0 Å². The van der Waals surface area contributed by atoms with Gasteiger partial charge in [-0.25, -0.2) is 0 Å². The van der Waals surface area contributed by atoms with Crippen LogP contribution in [0.15, 0.2) is 30.3 Å². The van der Waals surface area contributed by atoms with Gasteiger partial charge in [-0.3, -0.25) is 4.21 Å². The van der Waals surface area contributed by atoms with Crippen molar-refractivity contribution < 1.29 is 4.21 Å². The first-order valence-corrected chi connectivity index (χ1v) is 8.61. The van der Waals surface area contributed by atoms with E-state index in [0.717, 1.165) is 6.42 Å². The number of rotatable bonds is 6. The second-order valence-corrected chi connectivity index (χ2v) is 8.02. The van der Waals surface area contributed by atoms with Crippen LogP contribution in [0, 0.1) is 5.41 Å². The van der Waals surface area contributed by atoms with Crippen molar-refractivity contribution in [2.24, 2.45) is 5.41 Å². The lowest BCUT2D eigenvalue weighted by atomic mass is 9.85. The van der Waals surface area contributed by atoms with Gasteiger partial charge >= 0.3 is 0 Å². The lowest BCUT2D eigenvalue weighted by molar-refractivity contribution is 0.301. The van der Waals surface area contributed by atoms with Gasteiger partial charge in [-0.15, -0.1) is 0 Å². The number of hydrogen-bond donors (Lipinski definition) is 1. The monoisotopic (exact) mass is 281 g/mol. The lowest BCUT2D eigenvalue weighted by Crippen LogP contribution is -2.36. The highest BCUT2D eigenvalue weighted by molar-refractivity contribution is 7.84. The third-order valence-corrected chi connectivity index (χ3v) is 3.96. The zero-order chi connectivity index (χ0) is 14.5. The summed E-state index contributed by atoms with van der Waals surface area (Å²) >= 11 is 0. The maximum Gasteiger partial charge on any atom is 0.0383 e. The number of hydrogen-bond acceptors (Lipinski definition) is 2. The number of benzene rings is 1. The van der Waals surface area contributed by atoms with E-state index in [9.17, 15) is 4.21 Å². The number of nitrogens with one attached hydrogen (secondary N) is 1.